The highest BCUT2D eigenvalue weighted by Gasteiger charge is 2.49. The van der Waals surface area contributed by atoms with Gasteiger partial charge in [0.25, 0.3) is 0 Å². The Bertz CT molecular complexity index is 469. The van der Waals surface area contributed by atoms with Crippen molar-refractivity contribution in [1.82, 2.24) is 5.32 Å². The molecule has 1 aliphatic carbocycles. The van der Waals surface area contributed by atoms with Crippen LogP contribution < -0.4 is 11.1 Å². The molecule has 0 heterocycles. The van der Waals surface area contributed by atoms with Crippen molar-refractivity contribution in [2.24, 2.45) is 11.7 Å². The minimum absolute atomic E-state index is 0.0724. The van der Waals surface area contributed by atoms with E-state index in [1.807, 2.05) is 18.2 Å². The van der Waals surface area contributed by atoms with Crippen molar-refractivity contribution in [3.8, 4) is 0 Å². The second-order valence-corrected chi connectivity index (χ2v) is 6.19. The van der Waals surface area contributed by atoms with Gasteiger partial charge in [0.05, 0.1) is 0 Å². The molecule has 4 nitrogen and oxygen atoms in total. The van der Waals surface area contributed by atoms with Gasteiger partial charge in [0, 0.05) is 12.6 Å². The van der Waals surface area contributed by atoms with Crippen molar-refractivity contribution in [3.63, 3.8) is 0 Å². The normalized spacial score (nSPS) is 28.6. The van der Waals surface area contributed by atoms with Gasteiger partial charge in [-0.15, -0.1) is 0 Å². The van der Waals surface area contributed by atoms with Crippen LogP contribution in [0.2, 0.25) is 6.32 Å². The second-order valence-electron chi connectivity index (χ2n) is 6.19. The number of carboxylic acid groups (broad SMARTS) is 1. The highest BCUT2D eigenvalue weighted by molar-refractivity contribution is 6.08. The third-order valence-electron chi connectivity index (χ3n) is 4.62. The van der Waals surface area contributed by atoms with Crippen LogP contribution in [0.25, 0.3) is 0 Å². The average Bonchev–Trinajstić information content (AvgIpc) is 2.82. The van der Waals surface area contributed by atoms with Crippen LogP contribution in [0, 0.1) is 5.92 Å². The number of hydrogen-bond acceptors (Lipinski definition) is 3. The molecule has 0 saturated heterocycles. The molecule has 4 N–H and O–H groups in total. The smallest absolute Gasteiger partial charge is 0.324 e. The van der Waals surface area contributed by atoms with E-state index in [2.05, 4.69) is 25.3 Å². The number of carbonyl (C=O) groups is 1. The summed E-state index contributed by atoms with van der Waals surface area (Å²) in [6.45, 7) is 0.766. The molecule has 0 aromatic heterocycles. The maximum Gasteiger partial charge on any atom is 0.324 e. The Kier molecular flexibility index (Phi) is 5.42. The summed E-state index contributed by atoms with van der Waals surface area (Å²) in [5, 5.41) is 13.0. The molecule has 0 aliphatic heterocycles. The number of hydrogen-bond donors (Lipinski definition) is 3. The van der Waals surface area contributed by atoms with Gasteiger partial charge in [-0.25, -0.2) is 0 Å². The maximum absolute atomic E-state index is 11.6. The van der Waals surface area contributed by atoms with Crippen molar-refractivity contribution in [1.29, 1.82) is 0 Å². The van der Waals surface area contributed by atoms with Gasteiger partial charge in [-0.1, -0.05) is 43.1 Å². The van der Waals surface area contributed by atoms with Gasteiger partial charge < -0.3 is 16.2 Å². The monoisotopic (exact) mass is 288 g/mol. The molecule has 3 atom stereocenters. The molecule has 1 aliphatic rings. The zero-order chi connectivity index (χ0) is 15.3. The van der Waals surface area contributed by atoms with Crippen LogP contribution in [-0.2, 0) is 11.3 Å². The second kappa shape index (κ2) is 7.10. The summed E-state index contributed by atoms with van der Waals surface area (Å²) in [4.78, 5) is 11.6. The molecular weight excluding hydrogens is 263 g/mol. The summed E-state index contributed by atoms with van der Waals surface area (Å²) >= 11 is 0. The van der Waals surface area contributed by atoms with Crippen molar-refractivity contribution >= 4 is 13.8 Å². The summed E-state index contributed by atoms with van der Waals surface area (Å²) < 4.78 is 0. The van der Waals surface area contributed by atoms with Gasteiger partial charge >= 0.3 is 5.97 Å². The van der Waals surface area contributed by atoms with E-state index in [-0.39, 0.29) is 12.0 Å². The van der Waals surface area contributed by atoms with E-state index >= 15 is 0 Å². The lowest BCUT2D eigenvalue weighted by atomic mass is 9.83. The van der Waals surface area contributed by atoms with E-state index in [4.69, 9.17) is 5.73 Å². The molecule has 114 valence electrons. The predicted molar refractivity (Wildman–Crippen MR) is 86.9 cm³/mol. The van der Waals surface area contributed by atoms with Crippen molar-refractivity contribution in [3.05, 3.63) is 35.9 Å². The highest BCUT2D eigenvalue weighted by Crippen LogP contribution is 2.37. The molecule has 1 aromatic carbocycles. The Morgan fingerprint density at radius 3 is 2.76 bits per heavy atom. The fourth-order valence-electron chi connectivity index (χ4n) is 3.31. The van der Waals surface area contributed by atoms with Gasteiger partial charge in [-0.05, 0) is 30.7 Å². The first-order valence-electron chi connectivity index (χ1n) is 7.86. The summed E-state index contributed by atoms with van der Waals surface area (Å²) in [7, 11) is 2.12. The maximum atomic E-state index is 11.6. The Labute approximate surface area is 127 Å². The number of nitrogens with one attached hydrogen (secondary N) is 1. The first-order valence-corrected chi connectivity index (χ1v) is 7.86. The molecule has 0 bridgehead atoms. The lowest BCUT2D eigenvalue weighted by Gasteiger charge is -2.26. The van der Waals surface area contributed by atoms with Crippen LogP contribution in [0.4, 0.5) is 0 Å². The average molecular weight is 288 g/mol. The van der Waals surface area contributed by atoms with Crippen molar-refractivity contribution in [2.75, 3.05) is 0 Å². The Morgan fingerprint density at radius 2 is 2.14 bits per heavy atom. The number of carboxylic acids is 1. The molecule has 1 aromatic rings. The van der Waals surface area contributed by atoms with E-state index in [0.717, 1.165) is 32.1 Å². The topological polar surface area (TPSA) is 75.3 Å². The quantitative estimate of drug-likeness (QED) is 0.658. The minimum Gasteiger partial charge on any atom is -0.480 e. The molecular formula is C16H25BN2O2. The fourth-order valence-corrected chi connectivity index (χ4v) is 3.31. The van der Waals surface area contributed by atoms with E-state index in [1.54, 1.807) is 0 Å². The van der Waals surface area contributed by atoms with Gasteiger partial charge in [0.15, 0.2) is 0 Å². The fraction of sp³-hybridized carbons (Fsp3) is 0.562. The largest absolute Gasteiger partial charge is 0.480 e. The first kappa shape index (κ1) is 16.1. The van der Waals surface area contributed by atoms with E-state index in [9.17, 15) is 9.90 Å². The SMILES string of the molecule is BCCC[C@H]1C[C@H](NCc2ccccc2)C[C@@]1(N)C(=O)O. The minimum atomic E-state index is -1.07. The Morgan fingerprint density at radius 1 is 1.43 bits per heavy atom. The molecule has 1 fully saturated rings. The lowest BCUT2D eigenvalue weighted by Crippen LogP contribution is -2.51. The number of nitrogens with two attached hydrogens (primary N) is 1. The molecule has 0 unspecified atom stereocenters. The van der Waals surface area contributed by atoms with Gasteiger partial charge in [0.2, 0.25) is 0 Å². The predicted octanol–water partition coefficient (Wildman–Crippen LogP) is 1.17. The van der Waals surface area contributed by atoms with Crippen LogP contribution in [0.15, 0.2) is 30.3 Å². The third kappa shape index (κ3) is 3.86. The third-order valence-corrected chi connectivity index (χ3v) is 4.62. The molecule has 0 amide bonds. The first-order chi connectivity index (χ1) is 10.1. The van der Waals surface area contributed by atoms with Crippen molar-refractivity contribution in [2.45, 2.75) is 50.1 Å². The van der Waals surface area contributed by atoms with Crippen LogP contribution in [0.3, 0.4) is 0 Å². The molecule has 1 saturated carbocycles. The number of rotatable bonds is 7. The molecule has 0 spiro atoms. The lowest BCUT2D eigenvalue weighted by molar-refractivity contribution is -0.144. The summed E-state index contributed by atoms with van der Waals surface area (Å²) in [6.07, 6.45) is 4.40. The molecule has 21 heavy (non-hydrogen) atoms. The zero-order valence-corrected chi connectivity index (χ0v) is 12.7. The van der Waals surface area contributed by atoms with Gasteiger partial charge in [-0.3, -0.25) is 4.79 Å². The van der Waals surface area contributed by atoms with Gasteiger partial charge in [-0.2, -0.15) is 0 Å². The van der Waals surface area contributed by atoms with Crippen LogP contribution >= 0.6 is 0 Å². The summed E-state index contributed by atoms with van der Waals surface area (Å²) in [6, 6.07) is 10.4. The zero-order valence-electron chi connectivity index (χ0n) is 12.7. The molecule has 0 radical (unpaired) electrons. The van der Waals surface area contributed by atoms with Crippen LogP contribution in [-0.4, -0.2) is 30.5 Å². The van der Waals surface area contributed by atoms with E-state index in [1.165, 1.54) is 5.56 Å². The number of benzene rings is 1. The van der Waals surface area contributed by atoms with Crippen molar-refractivity contribution < 1.29 is 9.90 Å². The summed E-state index contributed by atoms with van der Waals surface area (Å²) in [5.41, 5.74) is 6.36. The highest BCUT2D eigenvalue weighted by atomic mass is 16.4. The van der Waals surface area contributed by atoms with E-state index < -0.39 is 11.5 Å². The Hall–Kier alpha value is -1.33. The van der Waals surface area contributed by atoms with E-state index in [0.29, 0.717) is 6.42 Å². The molecule has 5 heteroatoms. The Balaban J connectivity index is 1.95. The van der Waals surface area contributed by atoms with Gasteiger partial charge in [0.1, 0.15) is 13.4 Å². The molecule has 2 rings (SSSR count). The van der Waals surface area contributed by atoms with Crippen LogP contribution in [0.5, 0.6) is 0 Å². The van der Waals surface area contributed by atoms with Crippen LogP contribution in [0.1, 0.15) is 31.2 Å². The standard InChI is InChI=1S/C16H25BN2O2/c17-8-4-7-13-9-14(10-16(13,18)15(20)21)19-11-12-5-2-1-3-6-12/h1-3,5-6,13-14,19H,4,7-11,17-18H2,(H,20,21)/t13-,14-,16-/m0/s1. The summed E-state index contributed by atoms with van der Waals surface area (Å²) in [5.74, 6) is -0.782. The number of aliphatic carboxylic acids is 1.